The maximum absolute atomic E-state index is 11.5. The molecule has 0 aliphatic rings. The molecule has 0 aromatic heterocycles. The molecular formula is C14H12OS2. The number of hydrogen-bond donors (Lipinski definition) is 1. The molecule has 0 saturated heterocycles. The quantitative estimate of drug-likeness (QED) is 0.653. The summed E-state index contributed by atoms with van der Waals surface area (Å²) in [5.74, 6) is 0.0962. The number of benzene rings is 2. The first kappa shape index (κ1) is 12.3. The van der Waals surface area contributed by atoms with Gasteiger partial charge in [-0.05, 0) is 37.3 Å². The Balaban J connectivity index is 2.30. The Kier molecular flexibility index (Phi) is 3.92. The van der Waals surface area contributed by atoms with E-state index in [2.05, 4.69) is 12.6 Å². The predicted octanol–water partition coefficient (Wildman–Crippen LogP) is 4.33. The van der Waals surface area contributed by atoms with Crippen LogP contribution in [0.25, 0.3) is 0 Å². The second-order valence-corrected chi connectivity index (χ2v) is 5.28. The molecule has 3 heteroatoms. The molecule has 17 heavy (non-hydrogen) atoms. The number of carbonyl (C=O) groups excluding carboxylic acids is 1. The molecule has 0 N–H and O–H groups in total. The number of Topliss-reactive ketones (excluding diaryl/α,β-unsaturated/α-hetero) is 1. The molecule has 2 aromatic carbocycles. The van der Waals surface area contributed by atoms with Crippen molar-refractivity contribution in [2.45, 2.75) is 21.6 Å². The molecule has 1 nitrogen and oxygen atoms in total. The Labute approximate surface area is 111 Å². The summed E-state index contributed by atoms with van der Waals surface area (Å²) in [7, 11) is 0. The van der Waals surface area contributed by atoms with Gasteiger partial charge in [0.15, 0.2) is 5.78 Å². The van der Waals surface area contributed by atoms with E-state index >= 15 is 0 Å². The predicted molar refractivity (Wildman–Crippen MR) is 74.3 cm³/mol. The Hall–Kier alpha value is -1.19. The second-order valence-electron chi connectivity index (χ2n) is 3.65. The molecule has 0 aliphatic heterocycles. The molecular weight excluding hydrogens is 248 g/mol. The Morgan fingerprint density at radius 3 is 2.35 bits per heavy atom. The fraction of sp³-hybridized carbons (Fsp3) is 0.0714. The van der Waals surface area contributed by atoms with E-state index in [4.69, 9.17) is 0 Å². The van der Waals surface area contributed by atoms with E-state index in [0.29, 0.717) is 0 Å². The third-order valence-electron chi connectivity index (χ3n) is 2.33. The van der Waals surface area contributed by atoms with Gasteiger partial charge in [0.1, 0.15) is 0 Å². The molecule has 0 radical (unpaired) electrons. The molecule has 2 aromatic rings. The first-order valence-electron chi connectivity index (χ1n) is 5.23. The number of carbonyl (C=O) groups is 1. The molecule has 0 spiro atoms. The summed E-state index contributed by atoms with van der Waals surface area (Å²) < 4.78 is 0. The monoisotopic (exact) mass is 260 g/mol. The van der Waals surface area contributed by atoms with Crippen LogP contribution in [0, 0.1) is 0 Å². The first-order valence-corrected chi connectivity index (χ1v) is 6.50. The SMILES string of the molecule is CC(=O)c1ccccc1Sc1ccc(S)cc1. The average molecular weight is 260 g/mol. The maximum Gasteiger partial charge on any atom is 0.160 e. The summed E-state index contributed by atoms with van der Waals surface area (Å²) in [4.78, 5) is 14.5. The minimum absolute atomic E-state index is 0.0962. The van der Waals surface area contributed by atoms with Crippen LogP contribution in [-0.2, 0) is 0 Å². The Morgan fingerprint density at radius 2 is 1.71 bits per heavy atom. The van der Waals surface area contributed by atoms with Gasteiger partial charge in [-0.3, -0.25) is 4.79 Å². The highest BCUT2D eigenvalue weighted by Crippen LogP contribution is 2.31. The van der Waals surface area contributed by atoms with E-state index in [1.54, 1.807) is 18.7 Å². The summed E-state index contributed by atoms with van der Waals surface area (Å²) in [6.45, 7) is 1.59. The van der Waals surface area contributed by atoms with Gasteiger partial charge in [-0.15, -0.1) is 12.6 Å². The van der Waals surface area contributed by atoms with Crippen LogP contribution in [0.1, 0.15) is 17.3 Å². The third kappa shape index (κ3) is 3.14. The molecule has 0 saturated carbocycles. The zero-order chi connectivity index (χ0) is 12.3. The lowest BCUT2D eigenvalue weighted by Gasteiger charge is -2.06. The van der Waals surface area contributed by atoms with Gasteiger partial charge in [0.05, 0.1) is 0 Å². The number of ketones is 1. The van der Waals surface area contributed by atoms with Crippen molar-refractivity contribution in [2.24, 2.45) is 0 Å². The number of hydrogen-bond acceptors (Lipinski definition) is 3. The molecule has 0 fully saturated rings. The molecule has 0 bridgehead atoms. The molecule has 0 unspecified atom stereocenters. The smallest absolute Gasteiger partial charge is 0.160 e. The van der Waals surface area contributed by atoms with Crippen LogP contribution in [0.15, 0.2) is 63.2 Å². The highest BCUT2D eigenvalue weighted by Gasteiger charge is 2.07. The van der Waals surface area contributed by atoms with Crippen molar-refractivity contribution in [3.8, 4) is 0 Å². The molecule has 0 amide bonds. The van der Waals surface area contributed by atoms with E-state index in [1.165, 1.54) is 0 Å². The lowest BCUT2D eigenvalue weighted by molar-refractivity contribution is 0.101. The normalized spacial score (nSPS) is 10.2. The van der Waals surface area contributed by atoms with Crippen LogP contribution < -0.4 is 0 Å². The standard InChI is InChI=1S/C14H12OS2/c1-10(15)13-4-2-3-5-14(13)17-12-8-6-11(16)7-9-12/h2-9,16H,1H3. The van der Waals surface area contributed by atoms with E-state index in [0.717, 1.165) is 20.2 Å². The molecule has 0 heterocycles. The lowest BCUT2D eigenvalue weighted by Crippen LogP contribution is -1.94. The van der Waals surface area contributed by atoms with Crippen LogP contribution >= 0.6 is 24.4 Å². The summed E-state index contributed by atoms with van der Waals surface area (Å²) in [5.41, 5.74) is 0.771. The fourth-order valence-corrected chi connectivity index (χ4v) is 2.63. The van der Waals surface area contributed by atoms with Crippen molar-refractivity contribution in [1.29, 1.82) is 0 Å². The number of thiol groups is 1. The summed E-state index contributed by atoms with van der Waals surface area (Å²) in [5, 5.41) is 0. The molecule has 2 rings (SSSR count). The second kappa shape index (κ2) is 5.43. The van der Waals surface area contributed by atoms with Gasteiger partial charge in [-0.2, -0.15) is 0 Å². The van der Waals surface area contributed by atoms with E-state index < -0.39 is 0 Å². The number of rotatable bonds is 3. The third-order valence-corrected chi connectivity index (χ3v) is 3.71. The van der Waals surface area contributed by atoms with Gasteiger partial charge >= 0.3 is 0 Å². The largest absolute Gasteiger partial charge is 0.294 e. The van der Waals surface area contributed by atoms with Gasteiger partial charge in [-0.1, -0.05) is 30.0 Å². The van der Waals surface area contributed by atoms with Crippen molar-refractivity contribution < 1.29 is 4.79 Å². The van der Waals surface area contributed by atoms with Gasteiger partial charge in [0.25, 0.3) is 0 Å². The highest BCUT2D eigenvalue weighted by molar-refractivity contribution is 7.99. The van der Waals surface area contributed by atoms with Crippen LogP contribution in [-0.4, -0.2) is 5.78 Å². The molecule has 0 aliphatic carbocycles. The summed E-state index contributed by atoms with van der Waals surface area (Å²) in [6.07, 6.45) is 0. The zero-order valence-electron chi connectivity index (χ0n) is 9.38. The minimum Gasteiger partial charge on any atom is -0.294 e. The van der Waals surface area contributed by atoms with Gasteiger partial charge in [-0.25, -0.2) is 0 Å². The summed E-state index contributed by atoms with van der Waals surface area (Å²) >= 11 is 5.84. The zero-order valence-corrected chi connectivity index (χ0v) is 11.1. The first-order chi connectivity index (χ1) is 8.16. The fourth-order valence-electron chi connectivity index (χ4n) is 1.49. The maximum atomic E-state index is 11.5. The van der Waals surface area contributed by atoms with Crippen LogP contribution in [0.5, 0.6) is 0 Å². The summed E-state index contributed by atoms with van der Waals surface area (Å²) in [6, 6.07) is 15.6. The van der Waals surface area contributed by atoms with Gasteiger partial charge in [0.2, 0.25) is 0 Å². The minimum atomic E-state index is 0.0962. The molecule has 86 valence electrons. The van der Waals surface area contributed by atoms with Crippen molar-refractivity contribution >= 4 is 30.2 Å². The van der Waals surface area contributed by atoms with Gasteiger partial charge < -0.3 is 0 Å². The van der Waals surface area contributed by atoms with Gasteiger partial charge in [0, 0.05) is 20.2 Å². The van der Waals surface area contributed by atoms with Crippen molar-refractivity contribution in [3.63, 3.8) is 0 Å². The Morgan fingerprint density at radius 1 is 1.06 bits per heavy atom. The highest BCUT2D eigenvalue weighted by atomic mass is 32.2. The van der Waals surface area contributed by atoms with E-state index in [-0.39, 0.29) is 5.78 Å². The van der Waals surface area contributed by atoms with E-state index in [9.17, 15) is 4.79 Å². The van der Waals surface area contributed by atoms with Crippen LogP contribution in [0.4, 0.5) is 0 Å². The van der Waals surface area contributed by atoms with Crippen molar-refractivity contribution in [2.75, 3.05) is 0 Å². The lowest BCUT2D eigenvalue weighted by atomic mass is 10.1. The van der Waals surface area contributed by atoms with Crippen molar-refractivity contribution in [1.82, 2.24) is 0 Å². The average Bonchev–Trinajstić information content (AvgIpc) is 2.32. The Bertz CT molecular complexity index is 532. The topological polar surface area (TPSA) is 17.1 Å². The van der Waals surface area contributed by atoms with Crippen LogP contribution in [0.3, 0.4) is 0 Å². The molecule has 0 atom stereocenters. The van der Waals surface area contributed by atoms with Crippen LogP contribution in [0.2, 0.25) is 0 Å². The van der Waals surface area contributed by atoms with Crippen molar-refractivity contribution in [3.05, 3.63) is 54.1 Å². The van der Waals surface area contributed by atoms with E-state index in [1.807, 2.05) is 48.5 Å².